The fourth-order valence-electron chi connectivity index (χ4n) is 3.01. The van der Waals surface area contributed by atoms with Crippen LogP contribution in [0.1, 0.15) is 45.2 Å². The molecule has 0 saturated carbocycles. The van der Waals surface area contributed by atoms with Crippen LogP contribution >= 0.6 is 23.7 Å². The van der Waals surface area contributed by atoms with Crippen molar-refractivity contribution in [1.29, 1.82) is 0 Å². The molecule has 1 aromatic carbocycles. The second kappa shape index (κ2) is 9.77. The van der Waals surface area contributed by atoms with Gasteiger partial charge in [0.1, 0.15) is 11.0 Å². The van der Waals surface area contributed by atoms with Gasteiger partial charge in [0.25, 0.3) is 5.91 Å². The van der Waals surface area contributed by atoms with Gasteiger partial charge in [-0.05, 0) is 31.9 Å². The van der Waals surface area contributed by atoms with Crippen LogP contribution in [0.4, 0.5) is 0 Å². The van der Waals surface area contributed by atoms with Gasteiger partial charge in [0.05, 0.1) is 6.54 Å². The quantitative estimate of drug-likeness (QED) is 0.760. The number of benzene rings is 1. The largest absolute Gasteiger partial charge is 0.480 e. The zero-order valence-corrected chi connectivity index (χ0v) is 16.7. The summed E-state index contributed by atoms with van der Waals surface area (Å²) < 4.78 is 0. The van der Waals surface area contributed by atoms with Gasteiger partial charge >= 0.3 is 5.97 Å². The number of likely N-dealkylation sites (tertiary alicyclic amines) is 1. The lowest BCUT2D eigenvalue weighted by Gasteiger charge is -2.31. The van der Waals surface area contributed by atoms with E-state index in [1.54, 1.807) is 0 Å². The van der Waals surface area contributed by atoms with Crippen LogP contribution in [0.5, 0.6) is 0 Å². The van der Waals surface area contributed by atoms with E-state index in [2.05, 4.69) is 15.5 Å². The molecule has 146 valence electrons. The van der Waals surface area contributed by atoms with Gasteiger partial charge in [-0.3, -0.25) is 14.5 Å². The van der Waals surface area contributed by atoms with E-state index in [4.69, 9.17) is 0 Å². The Balaban J connectivity index is 0.00000261. The number of carbonyl (C=O) groups is 2. The van der Waals surface area contributed by atoms with Crippen molar-refractivity contribution < 1.29 is 14.7 Å². The molecule has 0 bridgehead atoms. The zero-order valence-electron chi connectivity index (χ0n) is 15.1. The third-order valence-electron chi connectivity index (χ3n) is 4.47. The fraction of sp³-hybridized carbons (Fsp3) is 0.444. The Kier molecular flexibility index (Phi) is 7.70. The minimum Gasteiger partial charge on any atom is -0.480 e. The summed E-state index contributed by atoms with van der Waals surface area (Å²) in [6, 6.07) is 7.48. The maximum absolute atomic E-state index is 12.3. The first-order valence-electron chi connectivity index (χ1n) is 8.66. The van der Waals surface area contributed by atoms with Crippen molar-refractivity contribution >= 4 is 35.6 Å². The summed E-state index contributed by atoms with van der Waals surface area (Å²) in [7, 11) is 0. The number of carboxylic acids is 1. The molecule has 1 saturated heterocycles. The van der Waals surface area contributed by atoms with Gasteiger partial charge in [-0.25, -0.2) is 0 Å². The third-order valence-corrected chi connectivity index (χ3v) is 5.38. The number of aryl methyl sites for hydroxylation is 1. The van der Waals surface area contributed by atoms with Crippen molar-refractivity contribution in [2.24, 2.45) is 0 Å². The lowest BCUT2D eigenvalue weighted by atomic mass is 10.0. The highest BCUT2D eigenvalue weighted by atomic mass is 35.5. The lowest BCUT2D eigenvalue weighted by Crippen LogP contribution is -2.43. The molecule has 0 aliphatic carbocycles. The molecule has 1 aliphatic rings. The monoisotopic (exact) mass is 410 g/mol. The van der Waals surface area contributed by atoms with Gasteiger partial charge in [-0.2, -0.15) is 0 Å². The van der Waals surface area contributed by atoms with Gasteiger partial charge < -0.3 is 10.4 Å². The van der Waals surface area contributed by atoms with Gasteiger partial charge in [0.2, 0.25) is 5.01 Å². The van der Waals surface area contributed by atoms with Gasteiger partial charge in [0.15, 0.2) is 0 Å². The summed E-state index contributed by atoms with van der Waals surface area (Å²) in [5.41, 5.74) is 2.19. The van der Waals surface area contributed by atoms with Crippen LogP contribution in [0.3, 0.4) is 0 Å². The molecule has 1 amide bonds. The summed E-state index contributed by atoms with van der Waals surface area (Å²) in [6.07, 6.45) is 2.56. The second-order valence-electron chi connectivity index (χ2n) is 6.49. The SMILES string of the molecule is Cc1ccc(CNC(=O)c2nnc(CN3CCCCC3C(=O)O)s2)cc1.Cl. The highest BCUT2D eigenvalue weighted by Crippen LogP contribution is 2.21. The highest BCUT2D eigenvalue weighted by Gasteiger charge is 2.29. The number of amides is 1. The van der Waals surface area contributed by atoms with Crippen molar-refractivity contribution in [2.75, 3.05) is 6.54 Å². The van der Waals surface area contributed by atoms with Gasteiger partial charge in [-0.1, -0.05) is 47.6 Å². The molecule has 1 atom stereocenters. The summed E-state index contributed by atoms with van der Waals surface area (Å²) in [5, 5.41) is 21.2. The molecule has 1 aliphatic heterocycles. The van der Waals surface area contributed by atoms with Crippen LogP contribution in [0, 0.1) is 6.92 Å². The molecule has 27 heavy (non-hydrogen) atoms. The summed E-state index contributed by atoms with van der Waals surface area (Å²) in [5.74, 6) is -1.06. The van der Waals surface area contributed by atoms with Crippen molar-refractivity contribution in [1.82, 2.24) is 20.4 Å². The first kappa shape index (κ1) is 21.3. The van der Waals surface area contributed by atoms with Crippen LogP contribution < -0.4 is 5.32 Å². The summed E-state index contributed by atoms with van der Waals surface area (Å²) in [6.45, 7) is 3.59. The minimum atomic E-state index is -0.801. The Morgan fingerprint density at radius 3 is 2.70 bits per heavy atom. The summed E-state index contributed by atoms with van der Waals surface area (Å²) >= 11 is 1.22. The smallest absolute Gasteiger partial charge is 0.320 e. The molecule has 1 fully saturated rings. The van der Waals surface area contributed by atoms with Crippen molar-refractivity contribution in [2.45, 2.75) is 45.3 Å². The van der Waals surface area contributed by atoms with E-state index in [1.165, 1.54) is 16.9 Å². The van der Waals surface area contributed by atoms with E-state index in [1.807, 2.05) is 36.1 Å². The Hall–Kier alpha value is -2.03. The number of carbonyl (C=O) groups excluding carboxylic acids is 1. The first-order chi connectivity index (χ1) is 12.5. The number of nitrogens with one attached hydrogen (secondary N) is 1. The molecule has 9 heteroatoms. The molecule has 3 rings (SSSR count). The normalized spacial score (nSPS) is 17.1. The van der Waals surface area contributed by atoms with E-state index in [9.17, 15) is 14.7 Å². The van der Waals surface area contributed by atoms with Crippen LogP contribution in [-0.2, 0) is 17.9 Å². The number of piperidine rings is 1. The summed E-state index contributed by atoms with van der Waals surface area (Å²) in [4.78, 5) is 25.5. The van der Waals surface area contributed by atoms with Crippen LogP contribution in [0.25, 0.3) is 0 Å². The minimum absolute atomic E-state index is 0. The molecule has 1 aromatic heterocycles. The Morgan fingerprint density at radius 2 is 2.00 bits per heavy atom. The Labute approximate surface area is 168 Å². The van der Waals surface area contributed by atoms with Crippen LogP contribution in [0.15, 0.2) is 24.3 Å². The van der Waals surface area contributed by atoms with Crippen molar-refractivity contribution in [3.8, 4) is 0 Å². The van der Waals surface area contributed by atoms with Crippen molar-refractivity contribution in [3.63, 3.8) is 0 Å². The number of carboxylic acid groups (broad SMARTS) is 1. The molecule has 7 nitrogen and oxygen atoms in total. The van der Waals surface area contributed by atoms with E-state index in [0.29, 0.717) is 29.5 Å². The van der Waals surface area contributed by atoms with E-state index in [-0.39, 0.29) is 18.3 Å². The average Bonchev–Trinajstić information content (AvgIpc) is 3.10. The molecular weight excluding hydrogens is 388 g/mol. The van der Waals surface area contributed by atoms with Crippen LogP contribution in [-0.4, -0.2) is 44.7 Å². The topological polar surface area (TPSA) is 95.4 Å². The predicted molar refractivity (Wildman–Crippen MR) is 105 cm³/mol. The van der Waals surface area contributed by atoms with E-state index >= 15 is 0 Å². The molecule has 1 unspecified atom stereocenters. The predicted octanol–water partition coefficient (Wildman–Crippen LogP) is 2.64. The number of hydrogen-bond acceptors (Lipinski definition) is 6. The molecular formula is C18H23ClN4O3S. The lowest BCUT2D eigenvalue weighted by molar-refractivity contribution is -0.144. The van der Waals surface area contributed by atoms with Crippen molar-refractivity contribution in [3.05, 3.63) is 45.4 Å². The molecule has 2 N–H and O–H groups in total. The molecule has 2 aromatic rings. The molecule has 2 heterocycles. The standard InChI is InChI=1S/C18H22N4O3S.ClH/c1-12-5-7-13(8-6-12)10-19-16(23)17-21-20-15(26-17)11-22-9-3-2-4-14(22)18(24)25;/h5-8,14H,2-4,9-11H2,1H3,(H,19,23)(H,24,25);1H. The third kappa shape index (κ3) is 5.72. The Morgan fingerprint density at radius 1 is 1.26 bits per heavy atom. The highest BCUT2D eigenvalue weighted by molar-refractivity contribution is 7.13. The van der Waals surface area contributed by atoms with Gasteiger partial charge in [0, 0.05) is 6.54 Å². The fourth-order valence-corrected chi connectivity index (χ4v) is 3.79. The zero-order chi connectivity index (χ0) is 18.5. The number of nitrogens with zero attached hydrogens (tertiary/aromatic N) is 3. The van der Waals surface area contributed by atoms with Crippen LogP contribution in [0.2, 0.25) is 0 Å². The first-order valence-corrected chi connectivity index (χ1v) is 9.47. The van der Waals surface area contributed by atoms with Gasteiger partial charge in [-0.15, -0.1) is 22.6 Å². The maximum Gasteiger partial charge on any atom is 0.320 e. The average molecular weight is 411 g/mol. The number of hydrogen-bond donors (Lipinski definition) is 2. The number of aromatic nitrogens is 2. The number of rotatable bonds is 6. The molecule has 0 spiro atoms. The van der Waals surface area contributed by atoms with E-state index < -0.39 is 12.0 Å². The number of halogens is 1. The second-order valence-corrected chi connectivity index (χ2v) is 7.55. The number of aliphatic carboxylic acids is 1. The van der Waals surface area contributed by atoms with E-state index in [0.717, 1.165) is 24.9 Å². The maximum atomic E-state index is 12.3. The molecule has 0 radical (unpaired) electrons. The Bertz CT molecular complexity index is 781.